The maximum absolute atomic E-state index is 13.5. The van der Waals surface area contributed by atoms with E-state index in [1.54, 1.807) is 70.2 Å². The van der Waals surface area contributed by atoms with Crippen molar-refractivity contribution >= 4 is 35.7 Å². The van der Waals surface area contributed by atoms with Crippen molar-refractivity contribution in [3.8, 4) is 0 Å². The molecule has 0 saturated carbocycles. The minimum absolute atomic E-state index is 0.0769. The number of hydrogen-bond acceptors (Lipinski definition) is 8. The maximum Gasteiger partial charge on any atom is 0.413 e. The number of carbonyl (C=O) groups is 5. The Hall–Kier alpha value is -5.72. The summed E-state index contributed by atoms with van der Waals surface area (Å²) in [5.41, 5.74) is 7.73. The highest BCUT2D eigenvalue weighted by atomic mass is 16.6. The van der Waals surface area contributed by atoms with Crippen LogP contribution in [0.25, 0.3) is 0 Å². The van der Waals surface area contributed by atoms with E-state index in [0.717, 1.165) is 16.7 Å². The van der Waals surface area contributed by atoms with Crippen LogP contribution in [0.3, 0.4) is 0 Å². The van der Waals surface area contributed by atoms with Gasteiger partial charge in [0.2, 0.25) is 17.7 Å². The molecule has 0 bridgehead atoms. The lowest BCUT2D eigenvalue weighted by molar-refractivity contribution is -0.131. The molecule has 0 spiro atoms. The van der Waals surface area contributed by atoms with Crippen LogP contribution < -0.4 is 21.7 Å². The predicted octanol–water partition coefficient (Wildman–Crippen LogP) is 3.95. The number of likely N-dealkylation sites (tertiary alicyclic amines) is 1. The van der Waals surface area contributed by atoms with Crippen molar-refractivity contribution in [2.45, 2.75) is 70.9 Å². The maximum atomic E-state index is 13.5. The van der Waals surface area contributed by atoms with Crippen molar-refractivity contribution < 1.29 is 33.4 Å². The van der Waals surface area contributed by atoms with Gasteiger partial charge in [-0.3, -0.25) is 30.0 Å². The summed E-state index contributed by atoms with van der Waals surface area (Å²) in [4.78, 5) is 64.8. The lowest BCUT2D eigenvalue weighted by Crippen LogP contribution is -2.52. The number of nitrogens with zero attached hydrogens (tertiary/aromatic N) is 1. The Labute approximate surface area is 285 Å². The van der Waals surface area contributed by atoms with Gasteiger partial charge in [-0.15, -0.1) is 0 Å². The second-order valence-corrected chi connectivity index (χ2v) is 12.8. The molecule has 4 rings (SSSR count). The standard InChI is InChI=1S/C36H42N6O7/c1-22(32(44)39-19-23-13-15-25(16-14-23)30(37)41-34(46)48-21-24-9-6-5-7-10-24)40-33(45)29-18-28(20-42(29)35(47)49-36(2,3)4)26-11-8-12-27(17-26)31(38)43/h5-17,22,28-29H,18-21H2,1-4H3,(H2,38,43)(H,39,44)(H,40,45)(H2,37,41,46)/t22?,28-,29-/m1/s1. The van der Waals surface area contributed by atoms with Crippen LogP contribution in [0.5, 0.6) is 0 Å². The highest BCUT2D eigenvalue weighted by molar-refractivity contribution is 6.04. The van der Waals surface area contributed by atoms with Crippen LogP contribution in [0.1, 0.15) is 72.6 Å². The highest BCUT2D eigenvalue weighted by Gasteiger charge is 2.42. The zero-order valence-electron chi connectivity index (χ0n) is 27.9. The van der Waals surface area contributed by atoms with Crippen LogP contribution in [0, 0.1) is 5.41 Å². The van der Waals surface area contributed by atoms with Crippen molar-refractivity contribution in [2.24, 2.45) is 5.73 Å². The van der Waals surface area contributed by atoms with Gasteiger partial charge in [0.25, 0.3) is 0 Å². The third-order valence-corrected chi connectivity index (χ3v) is 7.78. The molecular weight excluding hydrogens is 628 g/mol. The Morgan fingerprint density at radius 1 is 0.939 bits per heavy atom. The number of alkyl carbamates (subject to hydrolysis) is 1. The summed E-state index contributed by atoms with van der Waals surface area (Å²) in [6.45, 7) is 7.13. The molecule has 3 aromatic rings. The van der Waals surface area contributed by atoms with Crippen LogP contribution in [0.2, 0.25) is 0 Å². The van der Waals surface area contributed by atoms with E-state index < -0.39 is 47.6 Å². The molecule has 1 fully saturated rings. The lowest BCUT2D eigenvalue weighted by Gasteiger charge is -2.28. The van der Waals surface area contributed by atoms with Crippen LogP contribution >= 0.6 is 0 Å². The molecule has 0 aliphatic carbocycles. The number of carbonyl (C=O) groups excluding carboxylic acids is 5. The van der Waals surface area contributed by atoms with Crippen LogP contribution in [0.4, 0.5) is 9.59 Å². The Kier molecular flexibility index (Phi) is 11.7. The number of amidine groups is 1. The fourth-order valence-corrected chi connectivity index (χ4v) is 5.23. The van der Waals surface area contributed by atoms with Gasteiger partial charge in [-0.25, -0.2) is 9.59 Å². The van der Waals surface area contributed by atoms with Gasteiger partial charge in [0, 0.05) is 30.1 Å². The number of hydrogen-bond donors (Lipinski definition) is 5. The zero-order valence-corrected chi connectivity index (χ0v) is 27.9. The minimum atomic E-state index is -0.927. The van der Waals surface area contributed by atoms with E-state index in [2.05, 4.69) is 16.0 Å². The van der Waals surface area contributed by atoms with Gasteiger partial charge in [-0.1, -0.05) is 66.7 Å². The smallest absolute Gasteiger partial charge is 0.413 e. The number of nitrogens with one attached hydrogen (secondary N) is 4. The largest absolute Gasteiger partial charge is 0.444 e. The Bertz CT molecular complexity index is 1690. The van der Waals surface area contributed by atoms with Gasteiger partial charge in [-0.05, 0) is 62.9 Å². The minimum Gasteiger partial charge on any atom is -0.444 e. The topological polar surface area (TPSA) is 193 Å². The Balaban J connectivity index is 1.31. The summed E-state index contributed by atoms with van der Waals surface area (Å²) in [5, 5.41) is 16.1. The molecule has 6 N–H and O–H groups in total. The normalized spacial score (nSPS) is 16.2. The number of amides is 5. The van der Waals surface area contributed by atoms with Crippen molar-refractivity contribution in [2.75, 3.05) is 6.54 Å². The van der Waals surface area contributed by atoms with Crippen molar-refractivity contribution in [3.63, 3.8) is 0 Å². The molecule has 1 saturated heterocycles. The average Bonchev–Trinajstić information content (AvgIpc) is 3.52. The number of ether oxygens (including phenoxy) is 2. The molecule has 0 aromatic heterocycles. The quantitative estimate of drug-likeness (QED) is 0.159. The first-order valence-corrected chi connectivity index (χ1v) is 15.8. The molecular formula is C36H42N6O7. The molecule has 13 nitrogen and oxygen atoms in total. The van der Waals surface area contributed by atoms with Crippen molar-refractivity contribution in [1.29, 1.82) is 5.41 Å². The van der Waals surface area contributed by atoms with Gasteiger partial charge >= 0.3 is 12.2 Å². The third-order valence-electron chi connectivity index (χ3n) is 7.78. The molecule has 1 unspecified atom stereocenters. The first-order valence-electron chi connectivity index (χ1n) is 15.8. The predicted molar refractivity (Wildman–Crippen MR) is 182 cm³/mol. The lowest BCUT2D eigenvalue weighted by atomic mass is 9.94. The molecule has 49 heavy (non-hydrogen) atoms. The molecule has 1 aliphatic rings. The monoisotopic (exact) mass is 670 g/mol. The van der Waals surface area contributed by atoms with Crippen molar-refractivity contribution in [3.05, 3.63) is 107 Å². The van der Waals surface area contributed by atoms with Crippen molar-refractivity contribution in [1.82, 2.24) is 20.9 Å². The van der Waals surface area contributed by atoms with E-state index >= 15 is 0 Å². The van der Waals surface area contributed by atoms with Gasteiger partial charge in [0.15, 0.2) is 0 Å². The molecule has 3 aromatic carbocycles. The molecule has 5 amide bonds. The summed E-state index contributed by atoms with van der Waals surface area (Å²) in [7, 11) is 0. The van der Waals surface area contributed by atoms with Crippen LogP contribution in [-0.2, 0) is 32.2 Å². The van der Waals surface area contributed by atoms with E-state index in [1.165, 1.54) is 4.90 Å². The van der Waals surface area contributed by atoms with Crippen LogP contribution in [0.15, 0.2) is 78.9 Å². The fourth-order valence-electron chi connectivity index (χ4n) is 5.23. The second-order valence-electron chi connectivity index (χ2n) is 12.8. The summed E-state index contributed by atoms with van der Waals surface area (Å²) >= 11 is 0. The van der Waals surface area contributed by atoms with Gasteiger partial charge in [0.1, 0.15) is 30.1 Å². The molecule has 258 valence electrons. The molecule has 0 radical (unpaired) electrons. The summed E-state index contributed by atoms with van der Waals surface area (Å²) in [6.07, 6.45) is -1.15. The van der Waals surface area contributed by atoms with Gasteiger partial charge < -0.3 is 25.8 Å². The van der Waals surface area contributed by atoms with Crippen LogP contribution in [-0.4, -0.2) is 64.9 Å². The fraction of sp³-hybridized carbons (Fsp3) is 0.333. The first kappa shape index (κ1) is 36.1. The molecule has 3 atom stereocenters. The third kappa shape index (κ3) is 10.4. The zero-order chi connectivity index (χ0) is 35.7. The molecule has 13 heteroatoms. The van der Waals surface area contributed by atoms with Gasteiger partial charge in [-0.2, -0.15) is 0 Å². The summed E-state index contributed by atoms with van der Waals surface area (Å²) < 4.78 is 10.7. The average molecular weight is 671 g/mol. The summed E-state index contributed by atoms with van der Waals surface area (Å²) in [5.74, 6) is -1.95. The highest BCUT2D eigenvalue weighted by Crippen LogP contribution is 2.33. The second kappa shape index (κ2) is 15.9. The van der Waals surface area contributed by atoms with E-state index in [9.17, 15) is 24.0 Å². The van der Waals surface area contributed by atoms with E-state index in [-0.39, 0.29) is 37.9 Å². The number of nitrogens with two attached hydrogens (primary N) is 1. The van der Waals surface area contributed by atoms with Gasteiger partial charge in [0.05, 0.1) is 0 Å². The Morgan fingerprint density at radius 2 is 1.63 bits per heavy atom. The SMILES string of the molecule is CC(NC(=O)[C@H]1C[C@@H](c2cccc(C(N)=O)c2)CN1C(=O)OC(C)(C)C)C(=O)NCc1ccc(C(=N)NC(=O)OCc2ccccc2)cc1. The molecule has 1 aliphatic heterocycles. The summed E-state index contributed by atoms with van der Waals surface area (Å²) in [6, 6.07) is 20.8. The number of rotatable bonds is 10. The van der Waals surface area contributed by atoms with E-state index in [4.69, 9.17) is 20.6 Å². The Morgan fingerprint density at radius 3 is 2.29 bits per heavy atom. The number of benzene rings is 3. The van der Waals surface area contributed by atoms with E-state index in [0.29, 0.717) is 11.1 Å². The molecule has 1 heterocycles. The van der Waals surface area contributed by atoms with E-state index in [1.807, 2.05) is 36.4 Å². The number of primary amides is 1. The first-order chi connectivity index (χ1) is 23.2.